The SMILES string of the molecule is CCCOc1ccc(C2(C)CC2CBr)cc1OCCC. The Labute approximate surface area is 131 Å². The minimum atomic E-state index is 0.303. The Morgan fingerprint density at radius 1 is 1.15 bits per heavy atom. The van der Waals surface area contributed by atoms with Gasteiger partial charge in [-0.25, -0.2) is 0 Å². The maximum absolute atomic E-state index is 5.88. The van der Waals surface area contributed by atoms with Crippen molar-refractivity contribution < 1.29 is 9.47 Å². The predicted molar refractivity (Wildman–Crippen MR) is 87.3 cm³/mol. The summed E-state index contributed by atoms with van der Waals surface area (Å²) in [6, 6.07) is 6.46. The van der Waals surface area contributed by atoms with Gasteiger partial charge in [-0.2, -0.15) is 0 Å². The fraction of sp³-hybridized carbons (Fsp3) is 0.647. The molecule has 2 nitrogen and oxygen atoms in total. The van der Waals surface area contributed by atoms with Crippen LogP contribution < -0.4 is 9.47 Å². The van der Waals surface area contributed by atoms with Crippen molar-refractivity contribution in [3.8, 4) is 11.5 Å². The monoisotopic (exact) mass is 340 g/mol. The van der Waals surface area contributed by atoms with E-state index in [9.17, 15) is 0 Å². The minimum Gasteiger partial charge on any atom is -0.490 e. The second-order valence-corrected chi connectivity index (χ2v) is 6.48. The lowest BCUT2D eigenvalue weighted by molar-refractivity contribution is 0.268. The number of rotatable bonds is 8. The van der Waals surface area contributed by atoms with Crippen LogP contribution in [0.3, 0.4) is 0 Å². The minimum absolute atomic E-state index is 0.303. The summed E-state index contributed by atoms with van der Waals surface area (Å²) in [5.41, 5.74) is 1.67. The zero-order valence-electron chi connectivity index (χ0n) is 12.7. The van der Waals surface area contributed by atoms with Crippen molar-refractivity contribution in [2.45, 2.75) is 45.4 Å². The highest BCUT2D eigenvalue weighted by Crippen LogP contribution is 2.55. The van der Waals surface area contributed by atoms with E-state index in [1.54, 1.807) is 0 Å². The molecule has 0 N–H and O–H groups in total. The molecule has 2 unspecified atom stereocenters. The van der Waals surface area contributed by atoms with Crippen LogP contribution in [0.25, 0.3) is 0 Å². The van der Waals surface area contributed by atoms with Crippen molar-refractivity contribution in [3.63, 3.8) is 0 Å². The number of alkyl halides is 1. The molecule has 1 saturated carbocycles. The second kappa shape index (κ2) is 6.84. The van der Waals surface area contributed by atoms with E-state index >= 15 is 0 Å². The molecule has 20 heavy (non-hydrogen) atoms. The zero-order chi connectivity index (χ0) is 14.6. The molecule has 1 aliphatic carbocycles. The van der Waals surface area contributed by atoms with Gasteiger partial charge in [-0.15, -0.1) is 0 Å². The van der Waals surface area contributed by atoms with Gasteiger partial charge >= 0.3 is 0 Å². The van der Waals surface area contributed by atoms with Gasteiger partial charge in [-0.05, 0) is 48.3 Å². The van der Waals surface area contributed by atoms with Gasteiger partial charge in [0.25, 0.3) is 0 Å². The van der Waals surface area contributed by atoms with E-state index in [1.807, 2.05) is 0 Å². The Hall–Kier alpha value is -0.700. The quantitative estimate of drug-likeness (QED) is 0.624. The molecule has 0 spiro atoms. The van der Waals surface area contributed by atoms with Gasteiger partial charge in [0.15, 0.2) is 11.5 Å². The van der Waals surface area contributed by atoms with Crippen LogP contribution in [0.15, 0.2) is 18.2 Å². The summed E-state index contributed by atoms with van der Waals surface area (Å²) in [4.78, 5) is 0. The standard InChI is InChI=1S/C17H25BrO2/c1-4-8-19-15-7-6-13(10-16(15)20-9-5-2)17(3)11-14(17)12-18/h6-7,10,14H,4-5,8-9,11-12H2,1-3H3. The van der Waals surface area contributed by atoms with Crippen LogP contribution >= 0.6 is 15.9 Å². The fourth-order valence-electron chi connectivity index (χ4n) is 2.55. The van der Waals surface area contributed by atoms with Crippen LogP contribution in [0.1, 0.15) is 45.6 Å². The number of benzene rings is 1. The van der Waals surface area contributed by atoms with Crippen molar-refractivity contribution in [2.24, 2.45) is 5.92 Å². The third-order valence-electron chi connectivity index (χ3n) is 4.12. The first-order chi connectivity index (χ1) is 9.65. The summed E-state index contributed by atoms with van der Waals surface area (Å²) in [5.74, 6) is 2.52. The molecule has 0 amide bonds. The number of hydrogen-bond donors (Lipinski definition) is 0. The van der Waals surface area contributed by atoms with E-state index in [0.29, 0.717) is 5.41 Å². The summed E-state index contributed by atoms with van der Waals surface area (Å²) in [6.45, 7) is 8.06. The normalized spacial score (nSPS) is 24.5. The maximum atomic E-state index is 5.88. The molecule has 0 aromatic heterocycles. The number of hydrogen-bond acceptors (Lipinski definition) is 2. The molecule has 3 heteroatoms. The Kier molecular flexibility index (Phi) is 5.36. The van der Waals surface area contributed by atoms with E-state index < -0.39 is 0 Å². The molecule has 0 heterocycles. The third kappa shape index (κ3) is 3.30. The molecule has 2 rings (SSSR count). The van der Waals surface area contributed by atoms with Crippen LogP contribution in [0, 0.1) is 5.92 Å². The van der Waals surface area contributed by atoms with E-state index in [0.717, 1.165) is 48.8 Å². The average molecular weight is 341 g/mol. The molecule has 1 fully saturated rings. The first kappa shape index (κ1) is 15.7. The molecule has 2 atom stereocenters. The Bertz CT molecular complexity index is 447. The zero-order valence-corrected chi connectivity index (χ0v) is 14.3. The van der Waals surface area contributed by atoms with Crippen molar-refractivity contribution in [1.82, 2.24) is 0 Å². The molecular formula is C17H25BrO2. The lowest BCUT2D eigenvalue weighted by Gasteiger charge is -2.17. The Balaban J connectivity index is 2.19. The highest BCUT2D eigenvalue weighted by Gasteiger charge is 2.50. The highest BCUT2D eigenvalue weighted by atomic mass is 79.9. The van der Waals surface area contributed by atoms with Gasteiger partial charge in [0.1, 0.15) is 0 Å². The van der Waals surface area contributed by atoms with Gasteiger partial charge < -0.3 is 9.47 Å². The summed E-state index contributed by atoms with van der Waals surface area (Å²) < 4.78 is 11.7. The van der Waals surface area contributed by atoms with Crippen LogP contribution in [-0.2, 0) is 5.41 Å². The van der Waals surface area contributed by atoms with Crippen molar-refractivity contribution >= 4 is 15.9 Å². The fourth-order valence-corrected chi connectivity index (χ4v) is 3.49. The summed E-state index contributed by atoms with van der Waals surface area (Å²) in [6.07, 6.45) is 3.28. The summed E-state index contributed by atoms with van der Waals surface area (Å²) >= 11 is 3.60. The van der Waals surface area contributed by atoms with Crippen LogP contribution in [-0.4, -0.2) is 18.5 Å². The molecule has 1 aromatic rings. The molecule has 0 bridgehead atoms. The van der Waals surface area contributed by atoms with E-state index in [4.69, 9.17) is 9.47 Å². The summed E-state index contributed by atoms with van der Waals surface area (Å²) in [7, 11) is 0. The molecular weight excluding hydrogens is 316 g/mol. The maximum Gasteiger partial charge on any atom is 0.161 e. The van der Waals surface area contributed by atoms with Crippen LogP contribution in [0.4, 0.5) is 0 Å². The second-order valence-electron chi connectivity index (χ2n) is 5.83. The van der Waals surface area contributed by atoms with Crippen LogP contribution in [0.5, 0.6) is 11.5 Å². The first-order valence-electron chi connectivity index (χ1n) is 7.61. The molecule has 1 aromatic carbocycles. The molecule has 0 aliphatic heterocycles. The molecule has 1 aliphatic rings. The average Bonchev–Trinajstić information content (AvgIpc) is 3.15. The van der Waals surface area contributed by atoms with Gasteiger partial charge in [0.05, 0.1) is 13.2 Å². The van der Waals surface area contributed by atoms with E-state index in [-0.39, 0.29) is 0 Å². The first-order valence-corrected chi connectivity index (χ1v) is 8.74. The van der Waals surface area contributed by atoms with Gasteiger partial charge in [0, 0.05) is 5.33 Å². The third-order valence-corrected chi connectivity index (χ3v) is 4.91. The molecule has 112 valence electrons. The lowest BCUT2D eigenvalue weighted by Crippen LogP contribution is -2.07. The van der Waals surface area contributed by atoms with Crippen molar-refractivity contribution in [2.75, 3.05) is 18.5 Å². The van der Waals surface area contributed by atoms with Gasteiger partial charge in [-0.3, -0.25) is 0 Å². The van der Waals surface area contributed by atoms with Gasteiger partial charge in [0.2, 0.25) is 0 Å². The van der Waals surface area contributed by atoms with Crippen molar-refractivity contribution in [3.05, 3.63) is 23.8 Å². The van der Waals surface area contributed by atoms with Crippen molar-refractivity contribution in [1.29, 1.82) is 0 Å². The topological polar surface area (TPSA) is 18.5 Å². The highest BCUT2D eigenvalue weighted by molar-refractivity contribution is 9.09. The summed E-state index contributed by atoms with van der Waals surface area (Å²) in [5, 5.41) is 1.07. The Morgan fingerprint density at radius 3 is 2.35 bits per heavy atom. The van der Waals surface area contributed by atoms with Crippen LogP contribution in [0.2, 0.25) is 0 Å². The molecule has 0 radical (unpaired) electrons. The number of halogens is 1. The van der Waals surface area contributed by atoms with E-state index in [2.05, 4.69) is 54.9 Å². The molecule has 0 saturated heterocycles. The Morgan fingerprint density at radius 2 is 1.80 bits per heavy atom. The lowest BCUT2D eigenvalue weighted by atomic mass is 9.95. The van der Waals surface area contributed by atoms with E-state index in [1.165, 1.54) is 12.0 Å². The smallest absolute Gasteiger partial charge is 0.161 e. The largest absolute Gasteiger partial charge is 0.490 e. The number of ether oxygens (including phenoxy) is 2. The van der Waals surface area contributed by atoms with Gasteiger partial charge in [-0.1, -0.05) is 42.8 Å². The predicted octanol–water partition coefficient (Wildman–Crippen LogP) is 4.94.